The average molecular weight is 320 g/mol. The van der Waals surface area contributed by atoms with Gasteiger partial charge in [-0.25, -0.2) is 4.98 Å². The number of benzene rings is 2. The molecular formula is C16H15Cl2N3. The number of hydrogen-bond donors (Lipinski definition) is 1. The first-order chi connectivity index (χ1) is 10.1. The minimum atomic E-state index is 0.605. The molecule has 0 aliphatic heterocycles. The highest BCUT2D eigenvalue weighted by molar-refractivity contribution is 6.34. The van der Waals surface area contributed by atoms with Crippen LogP contribution in [0.5, 0.6) is 0 Å². The lowest BCUT2D eigenvalue weighted by Gasteiger charge is -2.11. The summed E-state index contributed by atoms with van der Waals surface area (Å²) in [5.74, 6) is 0.789. The second kappa shape index (κ2) is 5.58. The predicted octanol–water partition coefficient (Wildman–Crippen LogP) is 5.00. The third-order valence-electron chi connectivity index (χ3n) is 3.43. The molecule has 0 radical (unpaired) electrons. The van der Waals surface area contributed by atoms with Crippen molar-refractivity contribution >= 4 is 39.9 Å². The van der Waals surface area contributed by atoms with E-state index in [0.717, 1.165) is 35.4 Å². The van der Waals surface area contributed by atoms with Gasteiger partial charge < -0.3 is 10.3 Å². The molecule has 1 heterocycles. The molecule has 1 aromatic heterocycles. The van der Waals surface area contributed by atoms with E-state index >= 15 is 0 Å². The number of rotatable bonds is 3. The number of imidazole rings is 1. The van der Waals surface area contributed by atoms with Crippen molar-refractivity contribution in [3.05, 3.63) is 46.4 Å². The molecule has 0 aliphatic carbocycles. The molecule has 0 fully saturated rings. The van der Waals surface area contributed by atoms with E-state index in [4.69, 9.17) is 33.9 Å². The van der Waals surface area contributed by atoms with Crippen LogP contribution in [0.25, 0.3) is 22.4 Å². The number of nitrogen functional groups attached to an aromatic ring is 1. The third kappa shape index (κ3) is 2.47. The van der Waals surface area contributed by atoms with Crippen LogP contribution in [-0.2, 0) is 6.54 Å². The molecule has 108 valence electrons. The largest absolute Gasteiger partial charge is 0.398 e. The van der Waals surface area contributed by atoms with Gasteiger partial charge in [0.25, 0.3) is 0 Å². The van der Waals surface area contributed by atoms with Gasteiger partial charge in [-0.2, -0.15) is 0 Å². The highest BCUT2D eigenvalue weighted by Crippen LogP contribution is 2.35. The standard InChI is InChI=1S/C16H15Cl2N3/c1-2-8-21-14-9-10(17)6-7-13(14)20-16(21)15-11(18)4-3-5-12(15)19/h3-7,9H,2,8,19H2,1H3. The Morgan fingerprint density at radius 1 is 1.19 bits per heavy atom. The highest BCUT2D eigenvalue weighted by Gasteiger charge is 2.17. The zero-order valence-electron chi connectivity index (χ0n) is 11.6. The topological polar surface area (TPSA) is 43.8 Å². The molecule has 3 aromatic rings. The fourth-order valence-corrected chi connectivity index (χ4v) is 2.95. The molecule has 0 atom stereocenters. The quantitative estimate of drug-likeness (QED) is 0.690. The smallest absolute Gasteiger partial charge is 0.144 e. The van der Waals surface area contributed by atoms with Crippen LogP contribution in [-0.4, -0.2) is 9.55 Å². The predicted molar refractivity (Wildman–Crippen MR) is 89.9 cm³/mol. The summed E-state index contributed by atoms with van der Waals surface area (Å²) in [6.45, 7) is 2.95. The van der Waals surface area contributed by atoms with Crippen molar-refractivity contribution in [2.75, 3.05) is 5.73 Å². The van der Waals surface area contributed by atoms with Crippen molar-refractivity contribution in [3.8, 4) is 11.4 Å². The van der Waals surface area contributed by atoms with Gasteiger partial charge >= 0.3 is 0 Å². The number of aryl methyl sites for hydroxylation is 1. The summed E-state index contributed by atoms with van der Waals surface area (Å²) in [5, 5.41) is 1.30. The van der Waals surface area contributed by atoms with Crippen LogP contribution in [0.4, 0.5) is 5.69 Å². The van der Waals surface area contributed by atoms with Gasteiger partial charge in [-0.15, -0.1) is 0 Å². The van der Waals surface area contributed by atoms with Gasteiger partial charge in [0.1, 0.15) is 5.82 Å². The summed E-state index contributed by atoms with van der Waals surface area (Å²) in [4.78, 5) is 4.70. The van der Waals surface area contributed by atoms with Gasteiger partial charge in [0.15, 0.2) is 0 Å². The van der Waals surface area contributed by atoms with E-state index in [9.17, 15) is 0 Å². The molecule has 0 saturated heterocycles. The van der Waals surface area contributed by atoms with Gasteiger partial charge in [-0.3, -0.25) is 0 Å². The van der Waals surface area contributed by atoms with E-state index in [1.54, 1.807) is 0 Å². The van der Waals surface area contributed by atoms with Crippen LogP contribution < -0.4 is 5.73 Å². The lowest BCUT2D eigenvalue weighted by Crippen LogP contribution is -2.02. The van der Waals surface area contributed by atoms with Crippen LogP contribution in [0.3, 0.4) is 0 Å². The zero-order chi connectivity index (χ0) is 15.0. The molecule has 2 aromatic carbocycles. The monoisotopic (exact) mass is 319 g/mol. The summed E-state index contributed by atoms with van der Waals surface area (Å²) in [5.41, 5.74) is 9.40. The highest BCUT2D eigenvalue weighted by atomic mass is 35.5. The van der Waals surface area contributed by atoms with Crippen molar-refractivity contribution in [2.45, 2.75) is 19.9 Å². The van der Waals surface area contributed by atoms with E-state index < -0.39 is 0 Å². The lowest BCUT2D eigenvalue weighted by atomic mass is 10.1. The molecule has 0 spiro atoms. The van der Waals surface area contributed by atoms with Crippen LogP contribution in [0, 0.1) is 0 Å². The fourth-order valence-electron chi connectivity index (χ4n) is 2.51. The molecule has 2 N–H and O–H groups in total. The summed E-state index contributed by atoms with van der Waals surface area (Å²) in [7, 11) is 0. The molecule has 0 bridgehead atoms. The second-order valence-electron chi connectivity index (χ2n) is 4.92. The molecule has 3 nitrogen and oxygen atoms in total. The fraction of sp³-hybridized carbons (Fsp3) is 0.188. The van der Waals surface area contributed by atoms with Crippen molar-refractivity contribution in [1.82, 2.24) is 9.55 Å². The Hall–Kier alpha value is -1.71. The Bertz CT molecular complexity index is 788. The number of fused-ring (bicyclic) bond motifs is 1. The van der Waals surface area contributed by atoms with Gasteiger partial charge in [0, 0.05) is 17.3 Å². The number of halogens is 2. The number of aromatic nitrogens is 2. The first kappa shape index (κ1) is 14.2. The molecule has 21 heavy (non-hydrogen) atoms. The van der Waals surface area contributed by atoms with E-state index in [1.807, 2.05) is 36.4 Å². The van der Waals surface area contributed by atoms with Crippen LogP contribution >= 0.6 is 23.2 Å². The number of anilines is 1. The first-order valence-corrected chi connectivity index (χ1v) is 7.57. The van der Waals surface area contributed by atoms with Crippen molar-refractivity contribution in [1.29, 1.82) is 0 Å². The minimum absolute atomic E-state index is 0.605. The zero-order valence-corrected chi connectivity index (χ0v) is 13.1. The first-order valence-electron chi connectivity index (χ1n) is 6.82. The summed E-state index contributed by atoms with van der Waals surface area (Å²) < 4.78 is 2.12. The van der Waals surface area contributed by atoms with Gasteiger partial charge in [-0.05, 0) is 36.8 Å². The number of nitrogens with zero attached hydrogens (tertiary/aromatic N) is 2. The third-order valence-corrected chi connectivity index (χ3v) is 3.98. The SMILES string of the molecule is CCCn1c(-c2c(N)cccc2Cl)nc2ccc(Cl)cc21. The Balaban J connectivity index is 2.34. The Morgan fingerprint density at radius 3 is 2.71 bits per heavy atom. The molecular weight excluding hydrogens is 305 g/mol. The molecule has 5 heteroatoms. The minimum Gasteiger partial charge on any atom is -0.398 e. The second-order valence-corrected chi connectivity index (χ2v) is 5.77. The summed E-state index contributed by atoms with van der Waals surface area (Å²) in [6, 6.07) is 11.2. The number of nitrogens with two attached hydrogens (primary N) is 1. The van der Waals surface area contributed by atoms with Crippen LogP contribution in [0.1, 0.15) is 13.3 Å². The van der Waals surface area contributed by atoms with E-state index in [-0.39, 0.29) is 0 Å². The Kier molecular flexibility index (Phi) is 3.79. The van der Waals surface area contributed by atoms with Crippen LogP contribution in [0.15, 0.2) is 36.4 Å². The van der Waals surface area contributed by atoms with Crippen molar-refractivity contribution in [3.63, 3.8) is 0 Å². The Labute approximate surface area is 133 Å². The van der Waals surface area contributed by atoms with Gasteiger partial charge in [-0.1, -0.05) is 36.2 Å². The molecule has 3 rings (SSSR count). The average Bonchev–Trinajstić information content (AvgIpc) is 2.78. The van der Waals surface area contributed by atoms with E-state index in [2.05, 4.69) is 11.5 Å². The maximum absolute atomic E-state index is 6.34. The molecule has 0 unspecified atom stereocenters. The summed E-state index contributed by atoms with van der Waals surface area (Å²) in [6.07, 6.45) is 0.981. The van der Waals surface area contributed by atoms with Gasteiger partial charge in [0.2, 0.25) is 0 Å². The van der Waals surface area contributed by atoms with Crippen LogP contribution in [0.2, 0.25) is 10.0 Å². The van der Waals surface area contributed by atoms with Crippen molar-refractivity contribution < 1.29 is 0 Å². The normalized spacial score (nSPS) is 11.2. The van der Waals surface area contributed by atoms with E-state index in [0.29, 0.717) is 15.7 Å². The molecule has 0 saturated carbocycles. The van der Waals surface area contributed by atoms with Gasteiger partial charge in [0.05, 0.1) is 21.6 Å². The summed E-state index contributed by atoms with van der Waals surface area (Å²) >= 11 is 12.5. The maximum atomic E-state index is 6.34. The Morgan fingerprint density at radius 2 is 2.00 bits per heavy atom. The maximum Gasteiger partial charge on any atom is 0.144 e. The van der Waals surface area contributed by atoms with E-state index in [1.165, 1.54) is 0 Å². The lowest BCUT2D eigenvalue weighted by molar-refractivity contribution is 0.704. The van der Waals surface area contributed by atoms with Crippen molar-refractivity contribution in [2.24, 2.45) is 0 Å². The molecule has 0 amide bonds. The molecule has 0 aliphatic rings. The number of hydrogen-bond acceptors (Lipinski definition) is 2.